The monoisotopic (exact) mass is 210 g/mol. The molecular formula is C11H18N2S. The highest BCUT2D eigenvalue weighted by atomic mass is 32.2. The van der Waals surface area contributed by atoms with E-state index >= 15 is 0 Å². The molecule has 14 heavy (non-hydrogen) atoms. The van der Waals surface area contributed by atoms with Crippen molar-refractivity contribution in [2.45, 2.75) is 23.9 Å². The van der Waals surface area contributed by atoms with E-state index in [1.54, 1.807) is 11.8 Å². The second-order valence-corrected chi connectivity index (χ2v) is 4.28. The predicted octanol–water partition coefficient (Wildman–Crippen LogP) is 2.02. The molecule has 2 atom stereocenters. The summed E-state index contributed by atoms with van der Waals surface area (Å²) in [6.45, 7) is 2.02. The maximum Gasteiger partial charge on any atom is 0.0468 e. The molecule has 0 amide bonds. The molecule has 0 aliphatic heterocycles. The Labute approximate surface area is 90.3 Å². The SMILES string of the molecule is CNC(c1ccc(SC)cc1)C(C)N. The summed E-state index contributed by atoms with van der Waals surface area (Å²) in [6, 6.07) is 8.90. The first-order chi connectivity index (χ1) is 6.69. The Kier molecular flexibility index (Phi) is 4.45. The van der Waals surface area contributed by atoms with E-state index in [1.165, 1.54) is 10.5 Å². The van der Waals surface area contributed by atoms with Crippen molar-refractivity contribution in [2.24, 2.45) is 5.73 Å². The zero-order valence-corrected chi connectivity index (χ0v) is 9.77. The van der Waals surface area contributed by atoms with Gasteiger partial charge in [-0.15, -0.1) is 11.8 Å². The van der Waals surface area contributed by atoms with Gasteiger partial charge in [0.15, 0.2) is 0 Å². The quantitative estimate of drug-likeness (QED) is 0.747. The summed E-state index contributed by atoms with van der Waals surface area (Å²) in [4.78, 5) is 1.29. The average molecular weight is 210 g/mol. The average Bonchev–Trinajstić information content (AvgIpc) is 2.19. The lowest BCUT2D eigenvalue weighted by molar-refractivity contribution is 0.503. The molecule has 0 saturated carbocycles. The van der Waals surface area contributed by atoms with Crippen LogP contribution in [0.25, 0.3) is 0 Å². The molecule has 0 aliphatic carbocycles. The highest BCUT2D eigenvalue weighted by Gasteiger charge is 2.12. The summed E-state index contributed by atoms with van der Waals surface area (Å²) < 4.78 is 0. The number of likely N-dealkylation sites (N-methyl/N-ethyl adjacent to an activating group) is 1. The molecule has 0 radical (unpaired) electrons. The molecular weight excluding hydrogens is 192 g/mol. The third-order valence-electron chi connectivity index (χ3n) is 2.31. The largest absolute Gasteiger partial charge is 0.326 e. The Bertz CT molecular complexity index is 269. The van der Waals surface area contributed by atoms with Crippen molar-refractivity contribution in [2.75, 3.05) is 13.3 Å². The fourth-order valence-corrected chi connectivity index (χ4v) is 1.95. The summed E-state index contributed by atoms with van der Waals surface area (Å²) in [5.74, 6) is 0. The first-order valence-corrected chi connectivity index (χ1v) is 5.98. The van der Waals surface area contributed by atoms with E-state index < -0.39 is 0 Å². The summed E-state index contributed by atoms with van der Waals surface area (Å²) in [5, 5.41) is 3.22. The molecule has 3 heteroatoms. The lowest BCUT2D eigenvalue weighted by atomic mass is 10.0. The molecule has 0 aromatic heterocycles. The van der Waals surface area contributed by atoms with Crippen molar-refractivity contribution < 1.29 is 0 Å². The highest BCUT2D eigenvalue weighted by molar-refractivity contribution is 7.98. The van der Waals surface area contributed by atoms with Crippen LogP contribution < -0.4 is 11.1 Å². The zero-order chi connectivity index (χ0) is 10.6. The van der Waals surface area contributed by atoms with Gasteiger partial charge in [0.2, 0.25) is 0 Å². The van der Waals surface area contributed by atoms with Crippen molar-refractivity contribution in [1.82, 2.24) is 5.32 Å². The van der Waals surface area contributed by atoms with Gasteiger partial charge in [-0.3, -0.25) is 0 Å². The maximum absolute atomic E-state index is 5.88. The van der Waals surface area contributed by atoms with E-state index in [9.17, 15) is 0 Å². The van der Waals surface area contributed by atoms with Gasteiger partial charge in [-0.1, -0.05) is 12.1 Å². The van der Waals surface area contributed by atoms with E-state index in [2.05, 4.69) is 35.8 Å². The van der Waals surface area contributed by atoms with Gasteiger partial charge >= 0.3 is 0 Å². The number of nitrogens with two attached hydrogens (primary N) is 1. The van der Waals surface area contributed by atoms with Gasteiger partial charge in [-0.2, -0.15) is 0 Å². The minimum absolute atomic E-state index is 0.125. The Morgan fingerprint density at radius 1 is 1.29 bits per heavy atom. The Hall–Kier alpha value is -0.510. The minimum Gasteiger partial charge on any atom is -0.326 e. The molecule has 1 aromatic carbocycles. The third kappa shape index (κ3) is 2.74. The third-order valence-corrected chi connectivity index (χ3v) is 3.06. The van der Waals surface area contributed by atoms with Crippen molar-refractivity contribution in [3.8, 4) is 0 Å². The predicted molar refractivity (Wildman–Crippen MR) is 63.7 cm³/mol. The van der Waals surface area contributed by atoms with E-state index in [0.29, 0.717) is 0 Å². The molecule has 2 nitrogen and oxygen atoms in total. The van der Waals surface area contributed by atoms with Crippen LogP contribution in [0.5, 0.6) is 0 Å². The number of hydrogen-bond donors (Lipinski definition) is 2. The van der Waals surface area contributed by atoms with Crippen LogP contribution in [-0.2, 0) is 0 Å². The lowest BCUT2D eigenvalue weighted by Gasteiger charge is -2.20. The smallest absolute Gasteiger partial charge is 0.0468 e. The number of rotatable bonds is 4. The zero-order valence-electron chi connectivity index (χ0n) is 8.95. The Morgan fingerprint density at radius 3 is 2.21 bits per heavy atom. The molecule has 78 valence electrons. The van der Waals surface area contributed by atoms with Gasteiger partial charge in [0.25, 0.3) is 0 Å². The van der Waals surface area contributed by atoms with Gasteiger partial charge in [0.1, 0.15) is 0 Å². The molecule has 1 aromatic rings. The van der Waals surface area contributed by atoms with Crippen molar-refractivity contribution in [3.63, 3.8) is 0 Å². The first kappa shape index (κ1) is 11.6. The molecule has 1 rings (SSSR count). The number of thioether (sulfide) groups is 1. The summed E-state index contributed by atoms with van der Waals surface area (Å²) >= 11 is 1.75. The molecule has 0 saturated heterocycles. The topological polar surface area (TPSA) is 38.0 Å². The number of benzene rings is 1. The van der Waals surface area contributed by atoms with Crippen LogP contribution in [0.1, 0.15) is 18.5 Å². The summed E-state index contributed by atoms with van der Waals surface area (Å²) in [6.07, 6.45) is 2.08. The lowest BCUT2D eigenvalue weighted by Crippen LogP contribution is -2.33. The number of hydrogen-bond acceptors (Lipinski definition) is 3. The van der Waals surface area contributed by atoms with Crippen LogP contribution in [-0.4, -0.2) is 19.3 Å². The van der Waals surface area contributed by atoms with Crippen LogP contribution in [0, 0.1) is 0 Å². The van der Waals surface area contributed by atoms with Crippen LogP contribution >= 0.6 is 11.8 Å². The first-order valence-electron chi connectivity index (χ1n) is 4.76. The van der Waals surface area contributed by atoms with E-state index in [4.69, 9.17) is 5.73 Å². The van der Waals surface area contributed by atoms with Crippen molar-refractivity contribution in [1.29, 1.82) is 0 Å². The van der Waals surface area contributed by atoms with Gasteiger partial charge in [-0.25, -0.2) is 0 Å². The molecule has 0 aliphatic rings. The molecule has 3 N–H and O–H groups in total. The summed E-state index contributed by atoms with van der Waals surface area (Å²) in [7, 11) is 1.94. The van der Waals surface area contributed by atoms with Gasteiger partial charge in [0.05, 0.1) is 0 Å². The minimum atomic E-state index is 0.125. The summed E-state index contributed by atoms with van der Waals surface area (Å²) in [5.41, 5.74) is 7.13. The van der Waals surface area contributed by atoms with Crippen molar-refractivity contribution in [3.05, 3.63) is 29.8 Å². The standard InChI is InChI=1S/C11H18N2S/c1-8(12)11(13-2)9-4-6-10(14-3)7-5-9/h4-8,11,13H,12H2,1-3H3. The fourth-order valence-electron chi connectivity index (χ4n) is 1.54. The second kappa shape index (κ2) is 5.39. The maximum atomic E-state index is 5.88. The molecule has 0 spiro atoms. The van der Waals surface area contributed by atoms with E-state index in [1.807, 2.05) is 14.0 Å². The van der Waals surface area contributed by atoms with Crippen molar-refractivity contribution >= 4 is 11.8 Å². The number of nitrogens with one attached hydrogen (secondary N) is 1. The molecule has 0 heterocycles. The van der Waals surface area contributed by atoms with Crippen LogP contribution in [0.2, 0.25) is 0 Å². The van der Waals surface area contributed by atoms with Crippen LogP contribution in [0.15, 0.2) is 29.2 Å². The van der Waals surface area contributed by atoms with E-state index in [-0.39, 0.29) is 12.1 Å². The van der Waals surface area contributed by atoms with Crippen LogP contribution in [0.4, 0.5) is 0 Å². The Balaban J connectivity index is 2.84. The van der Waals surface area contributed by atoms with Gasteiger partial charge in [0, 0.05) is 17.0 Å². The molecule has 0 fully saturated rings. The highest BCUT2D eigenvalue weighted by Crippen LogP contribution is 2.20. The molecule has 0 bridgehead atoms. The normalized spacial score (nSPS) is 15.1. The fraction of sp³-hybridized carbons (Fsp3) is 0.455. The van der Waals surface area contributed by atoms with E-state index in [0.717, 1.165) is 0 Å². The molecule has 2 unspecified atom stereocenters. The second-order valence-electron chi connectivity index (χ2n) is 3.40. The van der Waals surface area contributed by atoms with Gasteiger partial charge < -0.3 is 11.1 Å². The Morgan fingerprint density at radius 2 is 1.86 bits per heavy atom. The van der Waals surface area contributed by atoms with Crippen LogP contribution in [0.3, 0.4) is 0 Å². The van der Waals surface area contributed by atoms with Gasteiger partial charge in [-0.05, 0) is 37.9 Å².